The Hall–Kier alpha value is -1.33. The van der Waals surface area contributed by atoms with Gasteiger partial charge in [-0.1, -0.05) is 6.92 Å². The summed E-state index contributed by atoms with van der Waals surface area (Å²) in [6.45, 7) is 2.71. The van der Waals surface area contributed by atoms with Crippen LogP contribution in [0.15, 0.2) is 12.1 Å². The SMILES string of the molecule is CCNCC(O)c1cc(O)c(O)cc1F. The Bertz CT molecular complexity index is 344. The lowest BCUT2D eigenvalue weighted by Gasteiger charge is -2.13. The van der Waals surface area contributed by atoms with Crippen LogP contribution >= 0.6 is 0 Å². The molecule has 0 aliphatic heterocycles. The maximum Gasteiger partial charge on any atom is 0.160 e. The van der Waals surface area contributed by atoms with Gasteiger partial charge in [0.2, 0.25) is 0 Å². The largest absolute Gasteiger partial charge is 0.504 e. The van der Waals surface area contributed by atoms with E-state index in [1.807, 2.05) is 6.92 Å². The standard InChI is InChI=1S/C10H14FNO3/c1-2-12-5-10(15)6-3-8(13)9(14)4-7(6)11/h3-4,10,12-15H,2,5H2,1H3. The Morgan fingerprint density at radius 3 is 2.53 bits per heavy atom. The van der Waals surface area contributed by atoms with Gasteiger partial charge in [0.05, 0.1) is 6.10 Å². The van der Waals surface area contributed by atoms with Gasteiger partial charge < -0.3 is 20.6 Å². The second-order valence-corrected chi connectivity index (χ2v) is 3.19. The van der Waals surface area contributed by atoms with Gasteiger partial charge in [-0.3, -0.25) is 0 Å². The van der Waals surface area contributed by atoms with E-state index in [1.165, 1.54) is 0 Å². The van der Waals surface area contributed by atoms with Crippen molar-refractivity contribution in [3.63, 3.8) is 0 Å². The third-order valence-corrected chi connectivity index (χ3v) is 2.04. The molecule has 1 unspecified atom stereocenters. The Labute approximate surface area is 87.0 Å². The van der Waals surface area contributed by atoms with Gasteiger partial charge in [-0.25, -0.2) is 4.39 Å². The molecule has 84 valence electrons. The highest BCUT2D eigenvalue weighted by Gasteiger charge is 2.15. The van der Waals surface area contributed by atoms with E-state index in [2.05, 4.69) is 5.32 Å². The minimum absolute atomic E-state index is 0.0359. The number of hydrogen-bond donors (Lipinski definition) is 4. The molecule has 0 radical (unpaired) electrons. The number of halogens is 1. The molecule has 0 aliphatic rings. The van der Waals surface area contributed by atoms with E-state index in [1.54, 1.807) is 0 Å². The number of aliphatic hydroxyl groups is 1. The summed E-state index contributed by atoms with van der Waals surface area (Å²) in [5.74, 6) is -1.72. The quantitative estimate of drug-likeness (QED) is 0.563. The molecule has 0 aliphatic carbocycles. The molecule has 1 atom stereocenters. The molecular weight excluding hydrogens is 201 g/mol. The minimum Gasteiger partial charge on any atom is -0.504 e. The maximum atomic E-state index is 13.2. The summed E-state index contributed by atoms with van der Waals surface area (Å²) in [4.78, 5) is 0. The van der Waals surface area contributed by atoms with Crippen molar-refractivity contribution < 1.29 is 19.7 Å². The number of phenolic OH excluding ortho intramolecular Hbond substituents is 2. The fraction of sp³-hybridized carbons (Fsp3) is 0.400. The topological polar surface area (TPSA) is 72.7 Å². The third kappa shape index (κ3) is 2.81. The highest BCUT2D eigenvalue weighted by Crippen LogP contribution is 2.30. The zero-order chi connectivity index (χ0) is 11.4. The van der Waals surface area contributed by atoms with E-state index in [9.17, 15) is 9.50 Å². The molecule has 0 bridgehead atoms. The second-order valence-electron chi connectivity index (χ2n) is 3.19. The van der Waals surface area contributed by atoms with E-state index < -0.39 is 23.4 Å². The van der Waals surface area contributed by atoms with Gasteiger partial charge in [-0.2, -0.15) is 0 Å². The van der Waals surface area contributed by atoms with Crippen LogP contribution in [0.4, 0.5) is 4.39 Å². The molecule has 0 aromatic heterocycles. The van der Waals surface area contributed by atoms with Gasteiger partial charge in [0.15, 0.2) is 11.5 Å². The highest BCUT2D eigenvalue weighted by atomic mass is 19.1. The Morgan fingerprint density at radius 2 is 1.93 bits per heavy atom. The van der Waals surface area contributed by atoms with Crippen LogP contribution in [-0.4, -0.2) is 28.4 Å². The van der Waals surface area contributed by atoms with Crippen molar-refractivity contribution in [1.82, 2.24) is 5.32 Å². The van der Waals surface area contributed by atoms with Gasteiger partial charge in [0.25, 0.3) is 0 Å². The molecule has 0 saturated heterocycles. The lowest BCUT2D eigenvalue weighted by Crippen LogP contribution is -2.21. The van der Waals surface area contributed by atoms with E-state index in [0.29, 0.717) is 6.54 Å². The van der Waals surface area contributed by atoms with E-state index >= 15 is 0 Å². The zero-order valence-electron chi connectivity index (χ0n) is 8.37. The zero-order valence-corrected chi connectivity index (χ0v) is 8.37. The highest BCUT2D eigenvalue weighted by molar-refractivity contribution is 5.42. The number of likely N-dealkylation sites (N-methyl/N-ethyl adjacent to an activating group) is 1. The molecule has 4 nitrogen and oxygen atoms in total. The maximum absolute atomic E-state index is 13.2. The Morgan fingerprint density at radius 1 is 1.33 bits per heavy atom. The van der Waals surface area contributed by atoms with Crippen molar-refractivity contribution in [2.45, 2.75) is 13.0 Å². The predicted octanol–water partition coefficient (Wildman–Crippen LogP) is 0.880. The van der Waals surface area contributed by atoms with Crippen LogP contribution in [0.2, 0.25) is 0 Å². The number of phenols is 2. The smallest absolute Gasteiger partial charge is 0.160 e. The molecule has 5 heteroatoms. The molecule has 0 spiro atoms. The molecule has 0 amide bonds. The minimum atomic E-state index is -1.04. The first-order valence-corrected chi connectivity index (χ1v) is 4.66. The van der Waals surface area contributed by atoms with E-state index in [4.69, 9.17) is 10.2 Å². The van der Waals surface area contributed by atoms with Crippen molar-refractivity contribution in [1.29, 1.82) is 0 Å². The first-order valence-electron chi connectivity index (χ1n) is 4.66. The van der Waals surface area contributed by atoms with Gasteiger partial charge in [-0.05, 0) is 12.6 Å². The van der Waals surface area contributed by atoms with Crippen molar-refractivity contribution in [3.8, 4) is 11.5 Å². The molecule has 0 heterocycles. The van der Waals surface area contributed by atoms with Gasteiger partial charge in [0, 0.05) is 18.2 Å². The van der Waals surface area contributed by atoms with E-state index in [0.717, 1.165) is 12.1 Å². The van der Waals surface area contributed by atoms with E-state index in [-0.39, 0.29) is 12.1 Å². The fourth-order valence-electron chi connectivity index (χ4n) is 1.21. The first-order chi connectivity index (χ1) is 7.06. The summed E-state index contributed by atoms with van der Waals surface area (Å²) >= 11 is 0. The van der Waals surface area contributed by atoms with Crippen molar-refractivity contribution in [2.24, 2.45) is 0 Å². The number of benzene rings is 1. The number of aliphatic hydroxyl groups excluding tert-OH is 1. The summed E-state index contributed by atoms with van der Waals surface area (Å²) < 4.78 is 13.2. The number of nitrogens with one attached hydrogen (secondary N) is 1. The lowest BCUT2D eigenvalue weighted by molar-refractivity contribution is 0.170. The van der Waals surface area contributed by atoms with Crippen LogP contribution in [0.25, 0.3) is 0 Å². The molecule has 0 saturated carbocycles. The van der Waals surface area contributed by atoms with Crippen molar-refractivity contribution >= 4 is 0 Å². The second kappa shape index (κ2) is 4.95. The molecule has 1 aromatic carbocycles. The summed E-state index contributed by atoms with van der Waals surface area (Å²) in [6.07, 6.45) is -1.04. The molecular formula is C10H14FNO3. The first kappa shape index (κ1) is 11.7. The third-order valence-electron chi connectivity index (χ3n) is 2.04. The lowest BCUT2D eigenvalue weighted by atomic mass is 10.1. The number of aromatic hydroxyl groups is 2. The summed E-state index contributed by atoms with van der Waals surface area (Å²) in [6, 6.07) is 1.80. The average molecular weight is 215 g/mol. The van der Waals surface area contributed by atoms with Crippen molar-refractivity contribution in [3.05, 3.63) is 23.5 Å². The average Bonchev–Trinajstić information content (AvgIpc) is 2.20. The van der Waals surface area contributed by atoms with Crippen LogP contribution in [-0.2, 0) is 0 Å². The van der Waals surface area contributed by atoms with Crippen molar-refractivity contribution in [2.75, 3.05) is 13.1 Å². The van der Waals surface area contributed by atoms with Crippen LogP contribution in [0.1, 0.15) is 18.6 Å². The predicted molar refractivity (Wildman–Crippen MR) is 53.2 cm³/mol. The van der Waals surface area contributed by atoms with Crippen LogP contribution in [0.3, 0.4) is 0 Å². The Kier molecular flexibility index (Phi) is 3.88. The van der Waals surface area contributed by atoms with Crippen LogP contribution in [0.5, 0.6) is 11.5 Å². The summed E-state index contributed by atoms with van der Waals surface area (Å²) in [5.41, 5.74) is -0.0359. The molecule has 15 heavy (non-hydrogen) atoms. The number of hydrogen-bond acceptors (Lipinski definition) is 4. The molecule has 0 fully saturated rings. The summed E-state index contributed by atoms with van der Waals surface area (Å²) in [7, 11) is 0. The van der Waals surface area contributed by atoms with Gasteiger partial charge in [-0.15, -0.1) is 0 Å². The normalized spacial score (nSPS) is 12.7. The van der Waals surface area contributed by atoms with Crippen LogP contribution in [0, 0.1) is 5.82 Å². The Balaban J connectivity index is 2.88. The van der Waals surface area contributed by atoms with Crippen LogP contribution < -0.4 is 5.32 Å². The molecule has 1 aromatic rings. The molecule has 1 rings (SSSR count). The summed E-state index contributed by atoms with van der Waals surface area (Å²) in [5, 5.41) is 30.5. The van der Waals surface area contributed by atoms with Gasteiger partial charge >= 0.3 is 0 Å². The number of rotatable bonds is 4. The monoisotopic (exact) mass is 215 g/mol. The van der Waals surface area contributed by atoms with Gasteiger partial charge in [0.1, 0.15) is 5.82 Å². The fourth-order valence-corrected chi connectivity index (χ4v) is 1.21. The molecule has 4 N–H and O–H groups in total.